The second-order valence-electron chi connectivity index (χ2n) is 6.53. The third-order valence-corrected chi connectivity index (χ3v) is 4.47. The molecule has 142 valence electrons. The topological polar surface area (TPSA) is 76.7 Å². The van der Waals surface area contributed by atoms with Crippen molar-refractivity contribution >= 4 is 11.2 Å². The quantitative estimate of drug-likeness (QED) is 0.587. The van der Waals surface area contributed by atoms with Crippen LogP contribution in [-0.2, 0) is 13.2 Å². The number of aliphatic hydroxyl groups is 1. The number of aryl methyl sites for hydroxylation is 2. The van der Waals surface area contributed by atoms with Gasteiger partial charge in [-0.15, -0.1) is 0 Å². The fourth-order valence-corrected chi connectivity index (χ4v) is 3.17. The summed E-state index contributed by atoms with van der Waals surface area (Å²) in [7, 11) is 0. The van der Waals surface area contributed by atoms with Gasteiger partial charge in [0, 0.05) is 17.3 Å². The van der Waals surface area contributed by atoms with Crippen LogP contribution in [0, 0.1) is 25.5 Å². The largest absolute Gasteiger partial charge is 0.392 e. The third-order valence-electron chi connectivity index (χ3n) is 4.47. The smallest absolute Gasteiger partial charge is 0.164 e. The Morgan fingerprint density at radius 2 is 1.86 bits per heavy atom. The SMILES string of the molecule is Cc1nc(C)c2nc(-c3cncc(F)c3)n(Cc3ccc(CO)cc3F)c2n1. The Balaban J connectivity index is 1.93. The summed E-state index contributed by atoms with van der Waals surface area (Å²) in [5.41, 5.74) is 3.13. The van der Waals surface area contributed by atoms with Crippen LogP contribution in [0.25, 0.3) is 22.6 Å². The number of benzene rings is 1. The third kappa shape index (κ3) is 3.22. The molecule has 0 bridgehead atoms. The van der Waals surface area contributed by atoms with E-state index in [1.54, 1.807) is 23.6 Å². The summed E-state index contributed by atoms with van der Waals surface area (Å²) in [5.74, 6) is 0.0505. The van der Waals surface area contributed by atoms with Crippen LogP contribution >= 0.6 is 0 Å². The van der Waals surface area contributed by atoms with Crippen LogP contribution in [0.4, 0.5) is 8.78 Å². The molecule has 3 aromatic heterocycles. The van der Waals surface area contributed by atoms with E-state index in [4.69, 9.17) is 0 Å². The van der Waals surface area contributed by atoms with Crippen molar-refractivity contribution in [2.24, 2.45) is 0 Å². The Hall–Kier alpha value is -3.26. The number of aliphatic hydroxyl groups excluding tert-OH is 1. The molecule has 0 aliphatic rings. The van der Waals surface area contributed by atoms with E-state index >= 15 is 0 Å². The van der Waals surface area contributed by atoms with Crippen LogP contribution < -0.4 is 0 Å². The number of imidazole rings is 1. The number of halogens is 2. The van der Waals surface area contributed by atoms with E-state index in [1.165, 1.54) is 18.3 Å². The average molecular weight is 381 g/mol. The Morgan fingerprint density at radius 3 is 2.57 bits per heavy atom. The maximum Gasteiger partial charge on any atom is 0.164 e. The fourth-order valence-electron chi connectivity index (χ4n) is 3.17. The number of rotatable bonds is 4. The van der Waals surface area contributed by atoms with Crippen molar-refractivity contribution in [3.8, 4) is 11.4 Å². The highest BCUT2D eigenvalue weighted by atomic mass is 19.1. The molecule has 6 nitrogen and oxygen atoms in total. The first-order chi connectivity index (χ1) is 13.5. The zero-order valence-corrected chi connectivity index (χ0v) is 15.3. The van der Waals surface area contributed by atoms with E-state index in [1.807, 2.05) is 6.92 Å². The van der Waals surface area contributed by atoms with E-state index in [-0.39, 0.29) is 13.2 Å². The molecule has 0 radical (unpaired) electrons. The number of fused-ring (bicyclic) bond motifs is 1. The number of hydrogen-bond acceptors (Lipinski definition) is 5. The molecule has 0 fully saturated rings. The molecule has 0 saturated carbocycles. The molecular weight excluding hydrogens is 364 g/mol. The van der Waals surface area contributed by atoms with Gasteiger partial charge < -0.3 is 9.67 Å². The first-order valence-electron chi connectivity index (χ1n) is 8.67. The molecule has 1 aromatic carbocycles. The van der Waals surface area contributed by atoms with Crippen molar-refractivity contribution in [3.63, 3.8) is 0 Å². The lowest BCUT2D eigenvalue weighted by molar-refractivity contribution is 0.281. The van der Waals surface area contributed by atoms with Crippen molar-refractivity contribution < 1.29 is 13.9 Å². The Morgan fingerprint density at radius 1 is 1.04 bits per heavy atom. The van der Waals surface area contributed by atoms with Gasteiger partial charge in [0.15, 0.2) is 5.65 Å². The van der Waals surface area contributed by atoms with Gasteiger partial charge in [0.1, 0.15) is 28.8 Å². The van der Waals surface area contributed by atoms with E-state index < -0.39 is 11.6 Å². The van der Waals surface area contributed by atoms with Crippen LogP contribution in [0.15, 0.2) is 36.7 Å². The lowest BCUT2D eigenvalue weighted by Gasteiger charge is -2.11. The van der Waals surface area contributed by atoms with Crippen molar-refractivity contribution in [1.29, 1.82) is 0 Å². The Labute approximate surface area is 159 Å². The first kappa shape index (κ1) is 18.1. The Bertz CT molecular complexity index is 1190. The molecule has 1 N–H and O–H groups in total. The minimum atomic E-state index is -0.492. The van der Waals surface area contributed by atoms with Gasteiger partial charge in [-0.2, -0.15) is 0 Å². The standard InChI is InChI=1S/C20H17F2N5O/c1-11-18-20(25-12(2)24-11)27(9-14-4-3-13(10-28)5-17(14)22)19(26-18)15-6-16(21)8-23-7-15/h3-8,28H,9-10H2,1-2H3. The minimum Gasteiger partial charge on any atom is -0.392 e. The number of nitrogens with zero attached hydrogens (tertiary/aromatic N) is 5. The number of aromatic nitrogens is 5. The molecule has 0 atom stereocenters. The summed E-state index contributed by atoms with van der Waals surface area (Å²) in [6.45, 7) is 3.48. The van der Waals surface area contributed by atoms with Gasteiger partial charge in [0.05, 0.1) is 25.0 Å². The Kier molecular flexibility index (Phi) is 4.56. The van der Waals surface area contributed by atoms with Crippen molar-refractivity contribution in [1.82, 2.24) is 24.5 Å². The van der Waals surface area contributed by atoms with E-state index in [0.717, 1.165) is 6.20 Å². The molecule has 0 aliphatic carbocycles. The zero-order chi connectivity index (χ0) is 19.8. The summed E-state index contributed by atoms with van der Waals surface area (Å²) in [4.78, 5) is 17.3. The summed E-state index contributed by atoms with van der Waals surface area (Å²) in [6, 6.07) is 5.89. The maximum absolute atomic E-state index is 14.5. The van der Waals surface area contributed by atoms with Gasteiger partial charge in [-0.3, -0.25) is 4.98 Å². The lowest BCUT2D eigenvalue weighted by Crippen LogP contribution is -2.06. The number of hydrogen-bond donors (Lipinski definition) is 1. The van der Waals surface area contributed by atoms with Crippen LogP contribution in [0.3, 0.4) is 0 Å². The molecule has 8 heteroatoms. The minimum absolute atomic E-state index is 0.135. The van der Waals surface area contributed by atoms with Crippen LogP contribution in [0.5, 0.6) is 0 Å². The van der Waals surface area contributed by atoms with Crippen LogP contribution in [0.1, 0.15) is 22.6 Å². The molecule has 0 unspecified atom stereocenters. The molecule has 0 saturated heterocycles. The molecule has 28 heavy (non-hydrogen) atoms. The predicted molar refractivity (Wildman–Crippen MR) is 99.4 cm³/mol. The monoisotopic (exact) mass is 381 g/mol. The summed E-state index contributed by atoms with van der Waals surface area (Å²) < 4.78 is 30.0. The van der Waals surface area contributed by atoms with Gasteiger partial charge in [-0.05, 0) is 31.5 Å². The summed E-state index contributed by atoms with van der Waals surface area (Å²) in [5, 5.41) is 9.19. The fraction of sp³-hybridized carbons (Fsp3) is 0.200. The van der Waals surface area contributed by atoms with Gasteiger partial charge >= 0.3 is 0 Å². The highest BCUT2D eigenvalue weighted by Gasteiger charge is 2.19. The van der Waals surface area contributed by atoms with Gasteiger partial charge in [0.2, 0.25) is 0 Å². The molecule has 3 heterocycles. The molecule has 0 amide bonds. The molecule has 0 aliphatic heterocycles. The van der Waals surface area contributed by atoms with Gasteiger partial charge in [-0.1, -0.05) is 12.1 Å². The molecule has 4 rings (SSSR count). The van der Waals surface area contributed by atoms with Crippen molar-refractivity contribution in [2.75, 3.05) is 0 Å². The second kappa shape index (κ2) is 7.05. The summed E-state index contributed by atoms with van der Waals surface area (Å²) in [6.07, 6.45) is 2.61. The lowest BCUT2D eigenvalue weighted by atomic mass is 10.1. The van der Waals surface area contributed by atoms with E-state index in [2.05, 4.69) is 19.9 Å². The highest BCUT2D eigenvalue weighted by molar-refractivity contribution is 5.79. The molecule has 4 aromatic rings. The normalized spacial score (nSPS) is 11.3. The molecule has 0 spiro atoms. The predicted octanol–water partition coefficient (Wildman–Crippen LogP) is 3.32. The maximum atomic E-state index is 14.5. The highest BCUT2D eigenvalue weighted by Crippen LogP contribution is 2.27. The van der Waals surface area contributed by atoms with Crippen LogP contribution in [-0.4, -0.2) is 29.6 Å². The number of pyridine rings is 1. The van der Waals surface area contributed by atoms with Crippen LogP contribution in [0.2, 0.25) is 0 Å². The molecular formula is C20H17F2N5O. The summed E-state index contributed by atoms with van der Waals surface area (Å²) >= 11 is 0. The second-order valence-corrected chi connectivity index (χ2v) is 6.53. The van der Waals surface area contributed by atoms with Gasteiger partial charge in [-0.25, -0.2) is 23.7 Å². The van der Waals surface area contributed by atoms with Crippen molar-refractivity contribution in [2.45, 2.75) is 27.0 Å². The zero-order valence-electron chi connectivity index (χ0n) is 15.3. The first-order valence-corrected chi connectivity index (χ1v) is 8.67. The van der Waals surface area contributed by atoms with E-state index in [9.17, 15) is 13.9 Å². The average Bonchev–Trinajstić information content (AvgIpc) is 3.02. The van der Waals surface area contributed by atoms with E-state index in [0.29, 0.717) is 45.2 Å². The van der Waals surface area contributed by atoms with Crippen molar-refractivity contribution in [3.05, 3.63) is 70.9 Å². The van der Waals surface area contributed by atoms with Gasteiger partial charge in [0.25, 0.3) is 0 Å².